The summed E-state index contributed by atoms with van der Waals surface area (Å²) >= 11 is 0. The highest BCUT2D eigenvalue weighted by molar-refractivity contribution is 5.84. The molecule has 1 aromatic carbocycles. The predicted octanol–water partition coefficient (Wildman–Crippen LogP) is 2.99. The largest absolute Gasteiger partial charge is 0.461 e. The van der Waals surface area contributed by atoms with E-state index in [1.807, 2.05) is 31.2 Å². The van der Waals surface area contributed by atoms with Crippen LogP contribution in [0.1, 0.15) is 17.7 Å². The Bertz CT molecular complexity index is 724. The molecule has 0 bridgehead atoms. The van der Waals surface area contributed by atoms with Crippen molar-refractivity contribution < 1.29 is 22.4 Å². The molecule has 1 saturated heterocycles. The van der Waals surface area contributed by atoms with Gasteiger partial charge in [-0.1, -0.05) is 18.2 Å². The number of nitrogens with zero attached hydrogens (tertiary/aromatic N) is 1. The Labute approximate surface area is 131 Å². The third kappa shape index (κ3) is 3.34. The van der Waals surface area contributed by atoms with E-state index >= 15 is 0 Å². The van der Waals surface area contributed by atoms with Gasteiger partial charge in [0.15, 0.2) is 0 Å². The molecule has 0 aliphatic carbocycles. The predicted molar refractivity (Wildman–Crippen MR) is 78.8 cm³/mol. The molecule has 1 aliphatic rings. The van der Waals surface area contributed by atoms with E-state index in [2.05, 4.69) is 5.32 Å². The minimum absolute atomic E-state index is 0.126. The summed E-state index contributed by atoms with van der Waals surface area (Å²) in [6.45, 7) is 1.17. The third-order valence-electron chi connectivity index (χ3n) is 4.09. The number of para-hydroxylation sites is 1. The number of furan rings is 1. The van der Waals surface area contributed by atoms with Gasteiger partial charge in [0, 0.05) is 24.0 Å². The fourth-order valence-corrected chi connectivity index (χ4v) is 2.97. The average molecular weight is 326 g/mol. The first-order chi connectivity index (χ1) is 10.8. The van der Waals surface area contributed by atoms with Gasteiger partial charge in [0.2, 0.25) is 5.91 Å². The summed E-state index contributed by atoms with van der Waals surface area (Å²) in [5, 5.41) is 4.02. The van der Waals surface area contributed by atoms with Gasteiger partial charge in [-0.15, -0.1) is 0 Å². The number of amides is 1. The number of halogens is 3. The van der Waals surface area contributed by atoms with Crippen LogP contribution in [0.5, 0.6) is 0 Å². The van der Waals surface area contributed by atoms with Crippen molar-refractivity contribution in [2.24, 2.45) is 0 Å². The molecule has 4 nitrogen and oxygen atoms in total. The van der Waals surface area contributed by atoms with Crippen molar-refractivity contribution in [1.29, 1.82) is 0 Å². The monoisotopic (exact) mass is 326 g/mol. The Kier molecular flexibility index (Phi) is 4.06. The number of hydrogen-bond acceptors (Lipinski definition) is 3. The molecular formula is C16H17F3N2O2. The molecule has 2 aromatic rings. The second kappa shape index (κ2) is 5.88. The molecule has 7 heteroatoms. The Morgan fingerprint density at radius 2 is 2.09 bits per heavy atom. The molecule has 1 atom stereocenters. The maximum absolute atomic E-state index is 12.4. The fourth-order valence-electron chi connectivity index (χ4n) is 2.97. The van der Waals surface area contributed by atoms with E-state index < -0.39 is 24.7 Å². The van der Waals surface area contributed by atoms with Gasteiger partial charge in [-0.3, -0.25) is 4.79 Å². The van der Waals surface area contributed by atoms with Gasteiger partial charge in [-0.25, -0.2) is 0 Å². The summed E-state index contributed by atoms with van der Waals surface area (Å²) in [4.78, 5) is 12.9. The van der Waals surface area contributed by atoms with Gasteiger partial charge in [-0.2, -0.15) is 13.2 Å². The number of nitrogens with one attached hydrogen (secondary N) is 1. The van der Waals surface area contributed by atoms with Crippen molar-refractivity contribution >= 4 is 16.9 Å². The Balaban J connectivity index is 1.67. The van der Waals surface area contributed by atoms with Crippen LogP contribution in [0.15, 0.2) is 28.7 Å². The highest BCUT2D eigenvalue weighted by Crippen LogP contribution is 2.26. The van der Waals surface area contributed by atoms with Crippen LogP contribution in [-0.2, 0) is 11.3 Å². The van der Waals surface area contributed by atoms with Crippen LogP contribution >= 0.6 is 0 Å². The first-order valence-electron chi connectivity index (χ1n) is 7.41. The molecule has 1 N–H and O–H groups in total. The highest BCUT2D eigenvalue weighted by Gasteiger charge is 2.39. The number of hydrogen-bond donors (Lipinski definition) is 1. The first kappa shape index (κ1) is 15.9. The van der Waals surface area contributed by atoms with E-state index in [9.17, 15) is 18.0 Å². The van der Waals surface area contributed by atoms with Crippen molar-refractivity contribution in [1.82, 2.24) is 10.2 Å². The van der Waals surface area contributed by atoms with E-state index in [1.54, 1.807) is 0 Å². The number of benzene rings is 1. The molecular weight excluding hydrogens is 309 g/mol. The average Bonchev–Trinajstić information content (AvgIpc) is 2.96. The van der Waals surface area contributed by atoms with Crippen LogP contribution in [0.4, 0.5) is 13.2 Å². The second-order valence-electron chi connectivity index (χ2n) is 5.73. The molecule has 1 amide bonds. The molecule has 0 radical (unpaired) electrons. The third-order valence-corrected chi connectivity index (χ3v) is 4.09. The van der Waals surface area contributed by atoms with Crippen molar-refractivity contribution in [2.45, 2.75) is 32.1 Å². The normalized spacial score (nSPS) is 19.0. The van der Waals surface area contributed by atoms with Crippen LogP contribution in [0.2, 0.25) is 0 Å². The topological polar surface area (TPSA) is 45.5 Å². The lowest BCUT2D eigenvalue weighted by molar-refractivity contribution is -0.158. The van der Waals surface area contributed by atoms with E-state index in [4.69, 9.17) is 4.42 Å². The number of rotatable bonds is 4. The summed E-state index contributed by atoms with van der Waals surface area (Å²) in [5.74, 6) is 0.254. The lowest BCUT2D eigenvalue weighted by Crippen LogP contribution is -2.41. The number of fused-ring (bicyclic) bond motifs is 1. The molecule has 23 heavy (non-hydrogen) atoms. The zero-order chi connectivity index (χ0) is 16.6. The summed E-state index contributed by atoms with van der Waals surface area (Å²) in [6, 6.07) is 6.97. The van der Waals surface area contributed by atoms with Crippen molar-refractivity contribution in [2.75, 3.05) is 13.1 Å². The smallest absolute Gasteiger partial charge is 0.406 e. The molecule has 1 fully saturated rings. The van der Waals surface area contributed by atoms with Crippen LogP contribution < -0.4 is 5.32 Å². The summed E-state index contributed by atoms with van der Waals surface area (Å²) < 4.78 is 42.9. The number of likely N-dealkylation sites (tertiary alicyclic amines) is 1. The van der Waals surface area contributed by atoms with Gasteiger partial charge < -0.3 is 14.6 Å². The number of alkyl halides is 3. The second-order valence-corrected chi connectivity index (χ2v) is 5.73. The molecule has 1 aliphatic heterocycles. The van der Waals surface area contributed by atoms with E-state index in [0.29, 0.717) is 13.0 Å². The summed E-state index contributed by atoms with van der Waals surface area (Å²) in [6.07, 6.45) is -3.98. The summed E-state index contributed by atoms with van der Waals surface area (Å²) in [5.41, 5.74) is 1.70. The lowest BCUT2D eigenvalue weighted by Gasteiger charge is -2.18. The van der Waals surface area contributed by atoms with Gasteiger partial charge in [0.25, 0.3) is 0 Å². The van der Waals surface area contributed by atoms with Gasteiger partial charge in [-0.05, 0) is 19.4 Å². The Hall–Kier alpha value is -2.02. The minimum Gasteiger partial charge on any atom is -0.461 e. The fraction of sp³-hybridized carbons (Fsp3) is 0.438. The van der Waals surface area contributed by atoms with Gasteiger partial charge in [0.1, 0.15) is 17.9 Å². The number of carbonyl (C=O) groups is 1. The maximum atomic E-state index is 12.4. The Morgan fingerprint density at radius 1 is 1.35 bits per heavy atom. The SMILES string of the molecule is Cc1oc2ccccc2c1CN[C@H]1CCN(CC(F)(F)F)C1=O. The zero-order valence-electron chi connectivity index (χ0n) is 12.6. The molecule has 124 valence electrons. The van der Waals surface area contributed by atoms with Crippen LogP contribution in [-0.4, -0.2) is 36.1 Å². The highest BCUT2D eigenvalue weighted by atomic mass is 19.4. The number of aryl methyl sites for hydroxylation is 1. The van der Waals surface area contributed by atoms with Crippen molar-refractivity contribution in [3.63, 3.8) is 0 Å². The maximum Gasteiger partial charge on any atom is 0.406 e. The van der Waals surface area contributed by atoms with Gasteiger partial charge >= 0.3 is 6.18 Å². The van der Waals surface area contributed by atoms with Crippen LogP contribution in [0, 0.1) is 6.92 Å². The van der Waals surface area contributed by atoms with E-state index in [0.717, 1.165) is 27.2 Å². The van der Waals surface area contributed by atoms with Crippen molar-refractivity contribution in [3.8, 4) is 0 Å². The standard InChI is InChI=1S/C16H17F3N2O2/c1-10-12(11-4-2-3-5-14(11)23-10)8-20-13-6-7-21(15(13)22)9-16(17,18)19/h2-5,13,20H,6-9H2,1H3/t13-/m0/s1. The van der Waals surface area contributed by atoms with E-state index in [-0.39, 0.29) is 6.54 Å². The lowest BCUT2D eigenvalue weighted by atomic mass is 10.1. The quantitative estimate of drug-likeness (QED) is 0.939. The van der Waals surface area contributed by atoms with Crippen LogP contribution in [0.3, 0.4) is 0 Å². The molecule has 0 saturated carbocycles. The summed E-state index contributed by atoms with van der Waals surface area (Å²) in [7, 11) is 0. The van der Waals surface area contributed by atoms with Crippen molar-refractivity contribution in [3.05, 3.63) is 35.6 Å². The van der Waals surface area contributed by atoms with Crippen LogP contribution in [0.25, 0.3) is 11.0 Å². The number of carbonyl (C=O) groups excluding carboxylic acids is 1. The molecule has 3 rings (SSSR count). The first-order valence-corrected chi connectivity index (χ1v) is 7.41. The zero-order valence-corrected chi connectivity index (χ0v) is 12.6. The van der Waals surface area contributed by atoms with E-state index in [1.165, 1.54) is 0 Å². The van der Waals surface area contributed by atoms with Gasteiger partial charge in [0.05, 0.1) is 6.04 Å². The molecule has 0 unspecified atom stereocenters. The Morgan fingerprint density at radius 3 is 2.83 bits per heavy atom. The molecule has 0 spiro atoms. The minimum atomic E-state index is -4.36. The molecule has 1 aromatic heterocycles. The molecule has 2 heterocycles.